The first-order valence-electron chi connectivity index (χ1n) is 7.99. The fourth-order valence-corrected chi connectivity index (χ4v) is 3.05. The summed E-state index contributed by atoms with van der Waals surface area (Å²) in [5, 5.41) is 0. The van der Waals surface area contributed by atoms with Crippen LogP contribution in [0.3, 0.4) is 0 Å². The van der Waals surface area contributed by atoms with Crippen molar-refractivity contribution >= 4 is 35.6 Å². The molecule has 1 saturated heterocycles. The van der Waals surface area contributed by atoms with E-state index < -0.39 is 54.6 Å². The fraction of sp³-hybridized carbons (Fsp3) is 0.750. The van der Waals surface area contributed by atoms with Gasteiger partial charge in [-0.15, -0.1) is 0 Å². The summed E-state index contributed by atoms with van der Waals surface area (Å²) in [5.41, 5.74) is 0. The zero-order chi connectivity index (χ0) is 19.9. The average molecular weight is 392 g/mol. The van der Waals surface area contributed by atoms with E-state index in [1.807, 2.05) is 6.26 Å². The van der Waals surface area contributed by atoms with Gasteiger partial charge in [-0.25, -0.2) is 0 Å². The van der Waals surface area contributed by atoms with Crippen molar-refractivity contribution in [3.05, 3.63) is 0 Å². The quantitative estimate of drug-likeness (QED) is 0.455. The number of carbonyl (C=O) groups excluding carboxylic acids is 4. The number of ether oxygens (including phenoxy) is 5. The molecular formula is C16H24O9S. The molecule has 0 amide bonds. The molecule has 0 saturated carbocycles. The molecule has 1 fully saturated rings. The van der Waals surface area contributed by atoms with E-state index in [1.54, 1.807) is 0 Å². The molecule has 1 heterocycles. The van der Waals surface area contributed by atoms with Crippen LogP contribution in [-0.2, 0) is 42.9 Å². The highest BCUT2D eigenvalue weighted by atomic mass is 32.2. The first kappa shape index (κ1) is 22.2. The zero-order valence-corrected chi connectivity index (χ0v) is 16.2. The molecule has 1 aliphatic heterocycles. The largest absolute Gasteiger partial charge is 0.456 e. The van der Waals surface area contributed by atoms with Crippen molar-refractivity contribution in [2.45, 2.75) is 64.8 Å². The molecule has 1 rings (SSSR count). The van der Waals surface area contributed by atoms with Crippen LogP contribution in [0.5, 0.6) is 0 Å². The molecule has 26 heavy (non-hydrogen) atoms. The Bertz CT molecular complexity index is 536. The number of hydrogen-bond acceptors (Lipinski definition) is 10. The first-order chi connectivity index (χ1) is 12.1. The molecule has 0 spiro atoms. The lowest BCUT2D eigenvalue weighted by Crippen LogP contribution is -2.62. The Morgan fingerprint density at radius 1 is 0.769 bits per heavy atom. The lowest BCUT2D eigenvalue weighted by molar-refractivity contribution is -0.295. The van der Waals surface area contributed by atoms with Crippen LogP contribution in [0.2, 0.25) is 0 Å². The predicted octanol–water partition coefficient (Wildman–Crippen LogP) is 0.823. The Kier molecular flexibility index (Phi) is 8.86. The maximum Gasteiger partial charge on any atom is 0.305 e. The van der Waals surface area contributed by atoms with E-state index in [-0.39, 0.29) is 0 Å². The Morgan fingerprint density at radius 3 is 1.69 bits per heavy atom. The number of hydrogen-bond donors (Lipinski definition) is 0. The second-order valence-electron chi connectivity index (χ2n) is 5.66. The van der Waals surface area contributed by atoms with Gasteiger partial charge in [0.1, 0.15) is 6.10 Å². The summed E-state index contributed by atoms with van der Waals surface area (Å²) in [5.74, 6) is -1.99. The topological polar surface area (TPSA) is 114 Å². The van der Waals surface area contributed by atoms with E-state index in [1.165, 1.54) is 32.5 Å². The molecule has 0 aliphatic carbocycles. The number of carbonyl (C=O) groups is 4. The van der Waals surface area contributed by atoms with Gasteiger partial charge in [-0.2, -0.15) is 11.8 Å². The van der Waals surface area contributed by atoms with Crippen LogP contribution in [0, 0.1) is 0 Å². The molecule has 5 atom stereocenters. The molecule has 10 heteroatoms. The molecule has 0 aromatic carbocycles. The van der Waals surface area contributed by atoms with Gasteiger partial charge >= 0.3 is 23.9 Å². The monoisotopic (exact) mass is 392 g/mol. The molecule has 0 radical (unpaired) electrons. The summed E-state index contributed by atoms with van der Waals surface area (Å²) in [6, 6.07) is 0. The predicted molar refractivity (Wildman–Crippen MR) is 90.1 cm³/mol. The van der Waals surface area contributed by atoms with Crippen molar-refractivity contribution in [1.29, 1.82) is 0 Å². The van der Waals surface area contributed by atoms with E-state index in [9.17, 15) is 19.2 Å². The molecular weight excluding hydrogens is 368 g/mol. The summed E-state index contributed by atoms with van der Waals surface area (Å²) in [7, 11) is 0. The minimum Gasteiger partial charge on any atom is -0.456 e. The molecule has 1 aliphatic rings. The third kappa shape index (κ3) is 6.83. The van der Waals surface area contributed by atoms with Gasteiger partial charge in [-0.1, -0.05) is 0 Å². The van der Waals surface area contributed by atoms with Crippen molar-refractivity contribution in [3.8, 4) is 0 Å². The summed E-state index contributed by atoms with van der Waals surface area (Å²) in [4.78, 5) is 46.0. The first-order valence-corrected chi connectivity index (χ1v) is 9.38. The zero-order valence-electron chi connectivity index (χ0n) is 15.4. The number of thioether (sulfide) groups is 1. The van der Waals surface area contributed by atoms with E-state index in [0.29, 0.717) is 12.2 Å². The molecule has 0 aromatic rings. The van der Waals surface area contributed by atoms with Crippen LogP contribution in [0.25, 0.3) is 0 Å². The summed E-state index contributed by atoms with van der Waals surface area (Å²) < 4.78 is 26.6. The average Bonchev–Trinajstić information content (AvgIpc) is 2.49. The van der Waals surface area contributed by atoms with E-state index >= 15 is 0 Å². The Labute approximate surface area is 156 Å². The van der Waals surface area contributed by atoms with Gasteiger partial charge < -0.3 is 23.7 Å². The minimum atomic E-state index is -1.29. The lowest BCUT2D eigenvalue weighted by atomic mass is 9.96. The lowest BCUT2D eigenvalue weighted by Gasteiger charge is -2.43. The maximum absolute atomic E-state index is 11.6. The van der Waals surface area contributed by atoms with Gasteiger partial charge in [-0.05, 0) is 18.4 Å². The van der Waals surface area contributed by atoms with E-state index in [0.717, 1.165) is 6.92 Å². The molecule has 0 N–H and O–H groups in total. The van der Waals surface area contributed by atoms with E-state index in [2.05, 4.69) is 0 Å². The van der Waals surface area contributed by atoms with Gasteiger partial charge in [0.2, 0.25) is 12.4 Å². The Morgan fingerprint density at radius 2 is 1.23 bits per heavy atom. The number of rotatable bonds is 7. The summed E-state index contributed by atoms with van der Waals surface area (Å²) in [6.07, 6.45) is -3.15. The van der Waals surface area contributed by atoms with Crippen molar-refractivity contribution in [1.82, 2.24) is 0 Å². The highest BCUT2D eigenvalue weighted by Gasteiger charge is 2.52. The second kappa shape index (κ2) is 10.4. The van der Waals surface area contributed by atoms with Crippen molar-refractivity contribution in [3.63, 3.8) is 0 Å². The summed E-state index contributed by atoms with van der Waals surface area (Å²) >= 11 is 1.54. The van der Waals surface area contributed by atoms with Crippen LogP contribution in [-0.4, -0.2) is 66.6 Å². The molecule has 148 valence electrons. The van der Waals surface area contributed by atoms with Crippen LogP contribution in [0.1, 0.15) is 34.1 Å². The van der Waals surface area contributed by atoms with Gasteiger partial charge in [0, 0.05) is 27.7 Å². The molecule has 9 nitrogen and oxygen atoms in total. The van der Waals surface area contributed by atoms with E-state index in [4.69, 9.17) is 23.7 Å². The number of esters is 4. The fourth-order valence-electron chi connectivity index (χ4n) is 2.58. The third-order valence-electron chi connectivity index (χ3n) is 3.39. The highest BCUT2D eigenvalue weighted by Crippen LogP contribution is 2.31. The highest BCUT2D eigenvalue weighted by molar-refractivity contribution is 7.98. The molecule has 0 unspecified atom stereocenters. The minimum absolute atomic E-state index is 0.432. The Balaban J connectivity index is 3.25. The van der Waals surface area contributed by atoms with Crippen LogP contribution < -0.4 is 0 Å². The smallest absolute Gasteiger partial charge is 0.305 e. The standard InChI is InChI=1S/C16H24O9S/c1-8(17)21-13-12(6-7-26-5)25-16(24-11(4)20)15(23-10(3)19)14(13)22-9(2)18/h12-16H,6-7H2,1-5H3/t12-,13-,14+,15+,16+/m1/s1. The normalized spacial score (nSPS) is 28.0. The van der Waals surface area contributed by atoms with Gasteiger partial charge in [0.05, 0.1) is 0 Å². The van der Waals surface area contributed by atoms with Crippen LogP contribution in [0.4, 0.5) is 0 Å². The van der Waals surface area contributed by atoms with Gasteiger partial charge in [-0.3, -0.25) is 19.2 Å². The third-order valence-corrected chi connectivity index (χ3v) is 4.03. The second-order valence-corrected chi connectivity index (χ2v) is 6.64. The molecule has 0 aromatic heterocycles. The SMILES string of the molecule is CSCC[C@H]1O[C@H](OC(C)=O)[C@@H](OC(C)=O)[C@@H](OC(C)=O)[C@@H]1OC(C)=O. The van der Waals surface area contributed by atoms with Crippen LogP contribution >= 0.6 is 11.8 Å². The van der Waals surface area contributed by atoms with Crippen molar-refractivity contribution in [2.75, 3.05) is 12.0 Å². The summed E-state index contributed by atoms with van der Waals surface area (Å²) in [6.45, 7) is 4.69. The van der Waals surface area contributed by atoms with Gasteiger partial charge in [0.25, 0.3) is 0 Å². The van der Waals surface area contributed by atoms with Crippen molar-refractivity contribution < 1.29 is 42.9 Å². The van der Waals surface area contributed by atoms with Crippen molar-refractivity contribution in [2.24, 2.45) is 0 Å². The van der Waals surface area contributed by atoms with Crippen LogP contribution in [0.15, 0.2) is 0 Å². The Hall–Kier alpha value is -1.81. The maximum atomic E-state index is 11.6. The molecule has 0 bridgehead atoms. The van der Waals surface area contributed by atoms with Gasteiger partial charge in [0.15, 0.2) is 12.2 Å².